The molecule has 1 amide bonds. The van der Waals surface area contributed by atoms with Crippen LogP contribution in [0.1, 0.15) is 54.4 Å². The van der Waals surface area contributed by atoms with Crippen molar-refractivity contribution in [3.8, 4) is 0 Å². The van der Waals surface area contributed by atoms with Gasteiger partial charge in [-0.2, -0.15) is 0 Å². The number of hydrogen-bond donors (Lipinski definition) is 0. The van der Waals surface area contributed by atoms with Crippen molar-refractivity contribution in [3.05, 3.63) is 0 Å². The first-order chi connectivity index (χ1) is 10.3. The van der Waals surface area contributed by atoms with Crippen LogP contribution in [0, 0.1) is 11.3 Å². The Kier molecular flexibility index (Phi) is 6.61. The number of alkyl halides is 1. The lowest BCUT2D eigenvalue weighted by molar-refractivity contribution is -0.0696. The average Bonchev–Trinajstić information content (AvgIpc) is 2.65. The summed E-state index contributed by atoms with van der Waals surface area (Å²) in [4.78, 5) is 14.6. The van der Waals surface area contributed by atoms with E-state index < -0.39 is 20.4 Å². The minimum atomic E-state index is -1.34. The minimum Gasteiger partial charge on any atom is -0.444 e. The van der Waals surface area contributed by atoms with E-state index in [4.69, 9.17) is 20.8 Å². The van der Waals surface area contributed by atoms with Gasteiger partial charge in [0.25, 0.3) is 0 Å². The lowest BCUT2D eigenvalue weighted by Gasteiger charge is -2.40. The molecule has 0 saturated carbocycles. The normalized spacial score (nSPS) is 26.0. The molecule has 0 aromatic carbocycles. The predicted molar refractivity (Wildman–Crippen MR) is 98.5 cm³/mol. The van der Waals surface area contributed by atoms with Crippen LogP contribution >= 0.6 is 11.6 Å². The third-order valence-corrected chi connectivity index (χ3v) is 5.34. The summed E-state index contributed by atoms with van der Waals surface area (Å²) < 4.78 is 12.0. The molecule has 1 rings (SSSR count). The standard InChI is InChI=1S/C17H34ClNO3Si/c1-15(2,3)13-11-17(9-10-18,22-23(7)8)19(12-13)14(20)21-16(4,5)6/h13,23H,9-12H2,1-8H3/t13-,17+/m0/s1. The Balaban J connectivity index is 3.15. The first kappa shape index (κ1) is 20.8. The van der Waals surface area contributed by atoms with Gasteiger partial charge >= 0.3 is 6.09 Å². The van der Waals surface area contributed by atoms with Crippen molar-refractivity contribution in [1.82, 2.24) is 4.90 Å². The largest absolute Gasteiger partial charge is 0.444 e. The summed E-state index contributed by atoms with van der Waals surface area (Å²) in [6, 6.07) is 0. The van der Waals surface area contributed by atoms with Crippen LogP contribution in [0.5, 0.6) is 0 Å². The summed E-state index contributed by atoms with van der Waals surface area (Å²) in [5.74, 6) is 0.836. The molecule has 0 N–H and O–H groups in total. The van der Waals surface area contributed by atoms with Crippen molar-refractivity contribution >= 4 is 26.7 Å². The summed E-state index contributed by atoms with van der Waals surface area (Å²) in [6.07, 6.45) is 1.18. The van der Waals surface area contributed by atoms with Gasteiger partial charge in [-0.25, -0.2) is 4.79 Å². The Labute approximate surface area is 148 Å². The van der Waals surface area contributed by atoms with Gasteiger partial charge in [0.2, 0.25) is 0 Å². The van der Waals surface area contributed by atoms with Crippen molar-refractivity contribution in [2.24, 2.45) is 11.3 Å². The molecule has 23 heavy (non-hydrogen) atoms. The monoisotopic (exact) mass is 363 g/mol. The fourth-order valence-electron chi connectivity index (χ4n) is 3.08. The zero-order chi connectivity index (χ0) is 18.1. The number of amides is 1. The Morgan fingerprint density at radius 1 is 1.26 bits per heavy atom. The first-order valence-corrected chi connectivity index (χ1v) is 11.9. The Hall–Kier alpha value is -0.263. The molecular formula is C17H34ClNO3Si. The highest BCUT2D eigenvalue weighted by molar-refractivity contribution is 6.48. The number of hydrogen-bond acceptors (Lipinski definition) is 3. The lowest BCUT2D eigenvalue weighted by Crippen LogP contribution is -2.52. The maximum atomic E-state index is 12.8. The quantitative estimate of drug-likeness (QED) is 0.540. The van der Waals surface area contributed by atoms with Gasteiger partial charge in [-0.05, 0) is 51.6 Å². The molecule has 0 aromatic heterocycles. The van der Waals surface area contributed by atoms with E-state index in [-0.39, 0.29) is 11.5 Å². The molecule has 0 aliphatic carbocycles. The average molecular weight is 364 g/mol. The van der Waals surface area contributed by atoms with Crippen LogP contribution in [-0.4, -0.2) is 43.8 Å². The maximum Gasteiger partial charge on any atom is 0.412 e. The molecule has 1 aliphatic rings. The van der Waals surface area contributed by atoms with Crippen molar-refractivity contribution in [3.63, 3.8) is 0 Å². The number of halogens is 1. The topological polar surface area (TPSA) is 38.8 Å². The highest BCUT2D eigenvalue weighted by Crippen LogP contribution is 2.45. The molecular weight excluding hydrogens is 330 g/mol. The van der Waals surface area contributed by atoms with Gasteiger partial charge in [-0.1, -0.05) is 20.8 Å². The molecule has 0 radical (unpaired) electrons. The SMILES string of the molecule is C[SiH](C)O[C@]1(CCCl)C[C@H](C(C)(C)C)CN1C(=O)OC(C)(C)C. The number of carbonyl (C=O) groups is 1. The summed E-state index contributed by atoms with van der Waals surface area (Å²) in [5, 5.41) is 0. The molecule has 136 valence electrons. The Bertz CT molecular complexity index is 417. The molecule has 0 bridgehead atoms. The van der Waals surface area contributed by atoms with Crippen LogP contribution in [0.15, 0.2) is 0 Å². The second-order valence-corrected chi connectivity index (χ2v) is 11.6. The van der Waals surface area contributed by atoms with Crippen molar-refractivity contribution in [1.29, 1.82) is 0 Å². The van der Waals surface area contributed by atoms with Crippen LogP contribution in [0.25, 0.3) is 0 Å². The molecule has 4 nitrogen and oxygen atoms in total. The number of nitrogens with zero attached hydrogens (tertiary/aromatic N) is 1. The van der Waals surface area contributed by atoms with E-state index in [1.54, 1.807) is 0 Å². The van der Waals surface area contributed by atoms with E-state index in [9.17, 15) is 4.79 Å². The van der Waals surface area contributed by atoms with E-state index in [0.717, 1.165) is 6.42 Å². The minimum absolute atomic E-state index is 0.107. The third-order valence-electron chi connectivity index (χ3n) is 4.24. The van der Waals surface area contributed by atoms with E-state index in [0.29, 0.717) is 24.8 Å². The molecule has 0 spiro atoms. The summed E-state index contributed by atoms with van der Waals surface area (Å²) in [5.41, 5.74) is -1.02. The van der Waals surface area contributed by atoms with Crippen molar-refractivity contribution in [2.75, 3.05) is 12.4 Å². The van der Waals surface area contributed by atoms with Gasteiger partial charge in [-0.15, -0.1) is 11.6 Å². The molecule has 2 atom stereocenters. The molecule has 1 fully saturated rings. The number of likely N-dealkylation sites (tertiary alicyclic amines) is 1. The molecule has 1 heterocycles. The van der Waals surface area contributed by atoms with Gasteiger partial charge in [0, 0.05) is 18.8 Å². The van der Waals surface area contributed by atoms with Crippen molar-refractivity contribution < 1.29 is 14.0 Å². The summed E-state index contributed by atoms with van der Waals surface area (Å²) >= 11 is 6.08. The molecule has 1 saturated heterocycles. The van der Waals surface area contributed by atoms with Crippen LogP contribution in [-0.2, 0) is 9.16 Å². The number of ether oxygens (including phenoxy) is 1. The van der Waals surface area contributed by atoms with Gasteiger partial charge < -0.3 is 9.16 Å². The lowest BCUT2D eigenvalue weighted by atomic mass is 9.79. The second kappa shape index (κ2) is 7.32. The Morgan fingerprint density at radius 3 is 2.22 bits per heavy atom. The highest BCUT2D eigenvalue weighted by atomic mass is 35.5. The third kappa shape index (κ3) is 5.64. The smallest absolute Gasteiger partial charge is 0.412 e. The van der Waals surface area contributed by atoms with E-state index in [1.165, 1.54) is 0 Å². The number of rotatable bonds is 4. The van der Waals surface area contributed by atoms with E-state index in [1.807, 2.05) is 25.7 Å². The molecule has 0 aromatic rings. The summed E-state index contributed by atoms with van der Waals surface area (Å²) in [6.45, 7) is 17.3. The zero-order valence-electron chi connectivity index (χ0n) is 16.0. The molecule has 6 heteroatoms. The Morgan fingerprint density at radius 2 is 1.83 bits per heavy atom. The second-order valence-electron chi connectivity index (χ2n) is 8.91. The molecule has 0 unspecified atom stereocenters. The van der Waals surface area contributed by atoms with E-state index >= 15 is 0 Å². The van der Waals surface area contributed by atoms with Crippen LogP contribution < -0.4 is 0 Å². The van der Waals surface area contributed by atoms with Crippen LogP contribution in [0.3, 0.4) is 0 Å². The predicted octanol–water partition coefficient (Wildman–Crippen LogP) is 4.61. The fraction of sp³-hybridized carbons (Fsp3) is 0.941. The van der Waals surface area contributed by atoms with Gasteiger partial charge in [0.15, 0.2) is 9.04 Å². The van der Waals surface area contributed by atoms with Crippen LogP contribution in [0.4, 0.5) is 4.79 Å². The molecule has 1 aliphatic heterocycles. The van der Waals surface area contributed by atoms with Gasteiger partial charge in [0.05, 0.1) is 0 Å². The maximum absolute atomic E-state index is 12.8. The zero-order valence-corrected chi connectivity index (χ0v) is 17.9. The van der Waals surface area contributed by atoms with Crippen molar-refractivity contribution in [2.45, 2.75) is 78.8 Å². The summed E-state index contributed by atoms with van der Waals surface area (Å²) in [7, 11) is -1.34. The fourth-order valence-corrected chi connectivity index (χ4v) is 4.59. The van der Waals surface area contributed by atoms with Gasteiger partial charge in [-0.3, -0.25) is 4.90 Å². The van der Waals surface area contributed by atoms with Crippen LogP contribution in [0.2, 0.25) is 13.1 Å². The highest BCUT2D eigenvalue weighted by Gasteiger charge is 2.52. The van der Waals surface area contributed by atoms with E-state index in [2.05, 4.69) is 33.9 Å². The number of carbonyl (C=O) groups excluding carboxylic acids is 1. The van der Waals surface area contributed by atoms with Gasteiger partial charge in [0.1, 0.15) is 11.3 Å². The first-order valence-electron chi connectivity index (χ1n) is 8.55.